The molecule has 0 spiro atoms. The van der Waals surface area contributed by atoms with Gasteiger partial charge in [0, 0.05) is 18.8 Å². The average Bonchev–Trinajstić information content (AvgIpc) is 2.44. The minimum atomic E-state index is 0.683. The van der Waals surface area contributed by atoms with Crippen LogP contribution in [0.2, 0.25) is 0 Å². The zero-order valence-electron chi connectivity index (χ0n) is 12.5. The predicted molar refractivity (Wildman–Crippen MR) is 80.8 cm³/mol. The second-order valence-electron chi connectivity index (χ2n) is 6.64. The van der Waals surface area contributed by atoms with Crippen molar-refractivity contribution in [1.82, 2.24) is 4.98 Å². The molecule has 1 fully saturated rings. The Hall–Kier alpha value is -1.56. The highest BCUT2D eigenvalue weighted by Crippen LogP contribution is 2.30. The molecular formula is C17H23N3. The Kier molecular flexibility index (Phi) is 3.65. The lowest BCUT2D eigenvalue weighted by Crippen LogP contribution is -2.39. The van der Waals surface area contributed by atoms with Crippen LogP contribution in [0.3, 0.4) is 0 Å². The SMILES string of the molecule is CC1CC(C)CN(c2nc3c(cc2C#N)CCCC3)C1. The van der Waals surface area contributed by atoms with Crippen molar-refractivity contribution in [3.8, 4) is 6.07 Å². The fourth-order valence-electron chi connectivity index (χ4n) is 3.78. The van der Waals surface area contributed by atoms with Crippen molar-refractivity contribution in [2.45, 2.75) is 46.0 Å². The molecule has 0 amide bonds. The quantitative estimate of drug-likeness (QED) is 0.785. The van der Waals surface area contributed by atoms with Crippen molar-refractivity contribution in [3.05, 3.63) is 22.9 Å². The molecular weight excluding hydrogens is 246 g/mol. The van der Waals surface area contributed by atoms with Gasteiger partial charge in [0.25, 0.3) is 0 Å². The van der Waals surface area contributed by atoms with Crippen molar-refractivity contribution in [3.63, 3.8) is 0 Å². The number of hydrogen-bond acceptors (Lipinski definition) is 3. The van der Waals surface area contributed by atoms with Crippen LogP contribution in [0.15, 0.2) is 6.07 Å². The van der Waals surface area contributed by atoms with E-state index in [9.17, 15) is 5.26 Å². The summed E-state index contributed by atoms with van der Waals surface area (Å²) in [5.41, 5.74) is 3.30. The predicted octanol–water partition coefficient (Wildman–Crippen LogP) is 3.31. The van der Waals surface area contributed by atoms with Gasteiger partial charge < -0.3 is 4.90 Å². The second kappa shape index (κ2) is 5.44. The molecule has 1 aliphatic carbocycles. The van der Waals surface area contributed by atoms with E-state index in [1.165, 1.54) is 30.5 Å². The van der Waals surface area contributed by atoms with E-state index in [4.69, 9.17) is 4.98 Å². The number of aromatic nitrogens is 1. The molecule has 20 heavy (non-hydrogen) atoms. The first-order valence-electron chi connectivity index (χ1n) is 7.85. The van der Waals surface area contributed by atoms with Gasteiger partial charge in [-0.1, -0.05) is 13.8 Å². The molecule has 2 atom stereocenters. The van der Waals surface area contributed by atoms with E-state index in [-0.39, 0.29) is 0 Å². The third kappa shape index (κ3) is 2.52. The van der Waals surface area contributed by atoms with Gasteiger partial charge in [-0.15, -0.1) is 0 Å². The van der Waals surface area contributed by atoms with Crippen LogP contribution < -0.4 is 4.90 Å². The van der Waals surface area contributed by atoms with Crippen LogP contribution in [0, 0.1) is 23.2 Å². The van der Waals surface area contributed by atoms with Gasteiger partial charge in [0.2, 0.25) is 0 Å². The Morgan fingerprint density at radius 3 is 2.60 bits per heavy atom. The van der Waals surface area contributed by atoms with Crippen molar-refractivity contribution >= 4 is 5.82 Å². The average molecular weight is 269 g/mol. The lowest BCUT2D eigenvalue weighted by atomic mass is 9.91. The van der Waals surface area contributed by atoms with Gasteiger partial charge in [0.15, 0.2) is 0 Å². The summed E-state index contributed by atoms with van der Waals surface area (Å²) in [4.78, 5) is 7.22. The van der Waals surface area contributed by atoms with Crippen LogP contribution in [0.25, 0.3) is 0 Å². The Morgan fingerprint density at radius 2 is 1.90 bits per heavy atom. The molecule has 3 heteroatoms. The Balaban J connectivity index is 1.97. The molecule has 1 aromatic heterocycles. The minimum absolute atomic E-state index is 0.683. The summed E-state index contributed by atoms with van der Waals surface area (Å²) in [7, 11) is 0. The number of anilines is 1. The highest BCUT2D eigenvalue weighted by Gasteiger charge is 2.26. The summed E-state index contributed by atoms with van der Waals surface area (Å²) >= 11 is 0. The molecule has 1 aliphatic heterocycles. The maximum absolute atomic E-state index is 9.47. The number of piperidine rings is 1. The van der Waals surface area contributed by atoms with E-state index in [1.54, 1.807) is 0 Å². The number of aryl methyl sites for hydroxylation is 2. The first kappa shape index (κ1) is 13.4. The molecule has 0 aromatic carbocycles. The summed E-state index contributed by atoms with van der Waals surface area (Å²) in [5, 5.41) is 9.47. The van der Waals surface area contributed by atoms with Crippen LogP contribution in [-0.4, -0.2) is 18.1 Å². The Morgan fingerprint density at radius 1 is 1.20 bits per heavy atom. The van der Waals surface area contributed by atoms with Crippen molar-refractivity contribution < 1.29 is 0 Å². The molecule has 3 nitrogen and oxygen atoms in total. The topological polar surface area (TPSA) is 39.9 Å². The van der Waals surface area contributed by atoms with Gasteiger partial charge in [-0.3, -0.25) is 0 Å². The molecule has 1 saturated heterocycles. The Labute approximate surface area is 121 Å². The third-order valence-electron chi connectivity index (χ3n) is 4.57. The van der Waals surface area contributed by atoms with Crippen molar-refractivity contribution in [2.24, 2.45) is 11.8 Å². The first-order valence-corrected chi connectivity index (χ1v) is 7.85. The van der Waals surface area contributed by atoms with E-state index in [2.05, 4.69) is 30.9 Å². The molecule has 0 bridgehead atoms. The molecule has 0 radical (unpaired) electrons. The zero-order chi connectivity index (χ0) is 14.1. The molecule has 106 valence electrons. The number of rotatable bonds is 1. The largest absolute Gasteiger partial charge is 0.355 e. The highest BCUT2D eigenvalue weighted by molar-refractivity contribution is 5.56. The van der Waals surface area contributed by atoms with Crippen LogP contribution in [0.4, 0.5) is 5.82 Å². The first-order chi connectivity index (χ1) is 9.67. The lowest BCUT2D eigenvalue weighted by molar-refractivity contribution is 0.355. The summed E-state index contributed by atoms with van der Waals surface area (Å²) < 4.78 is 0. The van der Waals surface area contributed by atoms with Gasteiger partial charge in [-0.2, -0.15) is 5.26 Å². The monoisotopic (exact) mass is 269 g/mol. The van der Waals surface area contributed by atoms with Crippen LogP contribution in [0.5, 0.6) is 0 Å². The normalized spacial score (nSPS) is 25.9. The zero-order valence-corrected chi connectivity index (χ0v) is 12.5. The maximum Gasteiger partial charge on any atom is 0.146 e. The number of fused-ring (bicyclic) bond motifs is 1. The smallest absolute Gasteiger partial charge is 0.146 e. The molecule has 2 aliphatic rings. The van der Waals surface area contributed by atoms with E-state index >= 15 is 0 Å². The minimum Gasteiger partial charge on any atom is -0.355 e. The van der Waals surface area contributed by atoms with Crippen LogP contribution >= 0.6 is 0 Å². The number of nitriles is 1. The van der Waals surface area contributed by atoms with Crippen molar-refractivity contribution in [2.75, 3.05) is 18.0 Å². The molecule has 2 unspecified atom stereocenters. The van der Waals surface area contributed by atoms with Gasteiger partial charge in [0.1, 0.15) is 11.9 Å². The van der Waals surface area contributed by atoms with E-state index in [0.29, 0.717) is 11.8 Å². The van der Waals surface area contributed by atoms with Crippen LogP contribution in [-0.2, 0) is 12.8 Å². The molecule has 0 N–H and O–H groups in total. The fraction of sp³-hybridized carbons (Fsp3) is 0.647. The summed E-state index contributed by atoms with van der Waals surface area (Å²) in [6, 6.07) is 4.47. The molecule has 1 aromatic rings. The standard InChI is InChI=1S/C17H23N3/c1-12-7-13(2)11-20(10-12)17-15(9-18)8-14-5-3-4-6-16(14)19-17/h8,12-13H,3-7,10-11H2,1-2H3. The van der Waals surface area contributed by atoms with Gasteiger partial charge in [0.05, 0.1) is 5.56 Å². The third-order valence-corrected chi connectivity index (χ3v) is 4.57. The number of pyridine rings is 1. The van der Waals surface area contributed by atoms with Crippen LogP contribution in [0.1, 0.15) is 49.9 Å². The second-order valence-corrected chi connectivity index (χ2v) is 6.64. The fourth-order valence-corrected chi connectivity index (χ4v) is 3.78. The Bertz CT molecular complexity index is 534. The maximum atomic E-state index is 9.47. The molecule has 2 heterocycles. The number of hydrogen-bond donors (Lipinski definition) is 0. The number of nitrogens with zero attached hydrogens (tertiary/aromatic N) is 3. The molecule has 0 saturated carbocycles. The van der Waals surface area contributed by atoms with Gasteiger partial charge >= 0.3 is 0 Å². The summed E-state index contributed by atoms with van der Waals surface area (Å²) in [5.74, 6) is 2.30. The van der Waals surface area contributed by atoms with E-state index in [1.807, 2.05) is 0 Å². The van der Waals surface area contributed by atoms with Gasteiger partial charge in [-0.25, -0.2) is 4.98 Å². The lowest BCUT2D eigenvalue weighted by Gasteiger charge is -2.36. The highest BCUT2D eigenvalue weighted by atomic mass is 15.2. The summed E-state index contributed by atoms with van der Waals surface area (Å²) in [6.45, 7) is 6.66. The summed E-state index contributed by atoms with van der Waals surface area (Å²) in [6.07, 6.45) is 5.91. The molecule has 3 rings (SSSR count). The van der Waals surface area contributed by atoms with E-state index < -0.39 is 0 Å². The van der Waals surface area contributed by atoms with E-state index in [0.717, 1.165) is 37.3 Å². The van der Waals surface area contributed by atoms with Crippen molar-refractivity contribution in [1.29, 1.82) is 5.26 Å². The van der Waals surface area contributed by atoms with Gasteiger partial charge in [-0.05, 0) is 55.6 Å².